The zero-order valence-electron chi connectivity index (χ0n) is 12.0. The zero-order chi connectivity index (χ0) is 14.8. The van der Waals surface area contributed by atoms with Crippen LogP contribution in [-0.2, 0) is 11.8 Å². The van der Waals surface area contributed by atoms with Gasteiger partial charge >= 0.3 is 0 Å². The average molecular weight is 291 g/mol. The molecule has 7 heteroatoms. The number of rotatable bonds is 3. The fraction of sp³-hybridized carbons (Fsp3) is 0.462. The van der Waals surface area contributed by atoms with Crippen molar-refractivity contribution in [2.24, 2.45) is 0 Å². The first-order chi connectivity index (χ1) is 9.41. The number of aromatic nitrogens is 4. The Balaban J connectivity index is 2.13. The summed E-state index contributed by atoms with van der Waals surface area (Å²) in [5.41, 5.74) is 1.16. The van der Waals surface area contributed by atoms with Gasteiger partial charge in [0.2, 0.25) is 0 Å². The summed E-state index contributed by atoms with van der Waals surface area (Å²) >= 11 is 1.09. The molecule has 0 aliphatic heterocycles. The first kappa shape index (κ1) is 14.5. The summed E-state index contributed by atoms with van der Waals surface area (Å²) in [6.45, 7) is 8.06. The number of hydrogen-bond acceptors (Lipinski definition) is 6. The summed E-state index contributed by atoms with van der Waals surface area (Å²) in [5.74, 6) is 0.521. The minimum atomic E-state index is -0.219. The fourth-order valence-electron chi connectivity index (χ4n) is 1.58. The van der Waals surface area contributed by atoms with Crippen LogP contribution in [-0.4, -0.2) is 25.5 Å². The number of anilines is 1. The predicted octanol–water partition coefficient (Wildman–Crippen LogP) is 2.44. The molecule has 1 N–H and O–H groups in total. The van der Waals surface area contributed by atoms with Gasteiger partial charge in [-0.1, -0.05) is 32.2 Å². The van der Waals surface area contributed by atoms with Crippen molar-refractivity contribution in [3.05, 3.63) is 28.8 Å². The monoisotopic (exact) mass is 291 g/mol. The Labute approximate surface area is 121 Å². The SMILES string of the molecule is CCc1nnsc1C(=O)Nc1cnc(C(C)(C)C)nc1. The smallest absolute Gasteiger partial charge is 0.269 e. The van der Waals surface area contributed by atoms with Gasteiger partial charge in [0.15, 0.2) is 0 Å². The van der Waals surface area contributed by atoms with Crippen LogP contribution in [0.4, 0.5) is 5.69 Å². The second-order valence-electron chi connectivity index (χ2n) is 5.40. The normalized spacial score (nSPS) is 11.4. The van der Waals surface area contributed by atoms with Crippen LogP contribution in [0.1, 0.15) is 48.9 Å². The molecule has 0 aliphatic carbocycles. The summed E-state index contributed by atoms with van der Waals surface area (Å²) < 4.78 is 3.80. The summed E-state index contributed by atoms with van der Waals surface area (Å²) in [7, 11) is 0. The largest absolute Gasteiger partial charge is 0.319 e. The molecule has 1 amide bonds. The van der Waals surface area contributed by atoms with Crippen LogP contribution in [0, 0.1) is 0 Å². The molecule has 6 nitrogen and oxygen atoms in total. The number of aryl methyl sites for hydroxylation is 1. The van der Waals surface area contributed by atoms with E-state index >= 15 is 0 Å². The zero-order valence-corrected chi connectivity index (χ0v) is 12.8. The van der Waals surface area contributed by atoms with E-state index in [0.29, 0.717) is 22.7 Å². The number of amides is 1. The highest BCUT2D eigenvalue weighted by molar-refractivity contribution is 7.08. The molecule has 0 aromatic carbocycles. The van der Waals surface area contributed by atoms with Gasteiger partial charge in [-0.05, 0) is 18.0 Å². The quantitative estimate of drug-likeness (QED) is 0.939. The molecule has 0 unspecified atom stereocenters. The lowest BCUT2D eigenvalue weighted by Crippen LogP contribution is -2.17. The van der Waals surface area contributed by atoms with E-state index in [1.165, 1.54) is 0 Å². The van der Waals surface area contributed by atoms with E-state index < -0.39 is 0 Å². The Morgan fingerprint density at radius 1 is 1.30 bits per heavy atom. The molecule has 20 heavy (non-hydrogen) atoms. The molecule has 2 heterocycles. The van der Waals surface area contributed by atoms with Crippen LogP contribution < -0.4 is 5.32 Å². The van der Waals surface area contributed by atoms with Gasteiger partial charge in [-0.2, -0.15) is 0 Å². The van der Waals surface area contributed by atoms with Crippen molar-refractivity contribution in [1.29, 1.82) is 0 Å². The van der Waals surface area contributed by atoms with Crippen molar-refractivity contribution in [2.45, 2.75) is 39.5 Å². The molecule has 106 valence electrons. The van der Waals surface area contributed by atoms with Gasteiger partial charge in [-0.3, -0.25) is 4.79 Å². The fourth-order valence-corrected chi connectivity index (χ4v) is 2.23. The molecule has 0 bridgehead atoms. The lowest BCUT2D eigenvalue weighted by atomic mass is 9.96. The summed E-state index contributed by atoms with van der Waals surface area (Å²) in [4.78, 5) is 21.2. The van der Waals surface area contributed by atoms with E-state index in [1.807, 2.05) is 27.7 Å². The van der Waals surface area contributed by atoms with Gasteiger partial charge in [0, 0.05) is 5.41 Å². The third-order valence-electron chi connectivity index (χ3n) is 2.68. The van der Waals surface area contributed by atoms with E-state index in [9.17, 15) is 4.79 Å². The van der Waals surface area contributed by atoms with Gasteiger partial charge < -0.3 is 5.32 Å². The molecule has 0 aliphatic rings. The lowest BCUT2D eigenvalue weighted by Gasteiger charge is -2.16. The lowest BCUT2D eigenvalue weighted by molar-refractivity contribution is 0.102. The molecule has 0 radical (unpaired) electrons. The minimum absolute atomic E-state index is 0.112. The summed E-state index contributed by atoms with van der Waals surface area (Å²) in [6, 6.07) is 0. The van der Waals surface area contributed by atoms with Crippen molar-refractivity contribution in [3.63, 3.8) is 0 Å². The van der Waals surface area contributed by atoms with Crippen molar-refractivity contribution in [1.82, 2.24) is 19.6 Å². The van der Waals surface area contributed by atoms with Crippen LogP contribution in [0.25, 0.3) is 0 Å². The first-order valence-electron chi connectivity index (χ1n) is 6.37. The highest BCUT2D eigenvalue weighted by atomic mass is 32.1. The molecule has 2 aromatic rings. The predicted molar refractivity (Wildman–Crippen MR) is 78.0 cm³/mol. The van der Waals surface area contributed by atoms with E-state index in [0.717, 1.165) is 17.4 Å². The number of carbonyl (C=O) groups is 1. The van der Waals surface area contributed by atoms with Crippen LogP contribution in [0.5, 0.6) is 0 Å². The Morgan fingerprint density at radius 2 is 1.95 bits per heavy atom. The third-order valence-corrected chi connectivity index (χ3v) is 3.44. The third kappa shape index (κ3) is 3.16. The van der Waals surface area contributed by atoms with Crippen molar-refractivity contribution >= 4 is 23.1 Å². The van der Waals surface area contributed by atoms with Gasteiger partial charge in [0.1, 0.15) is 10.7 Å². The number of nitrogens with one attached hydrogen (secondary N) is 1. The van der Waals surface area contributed by atoms with E-state index in [1.54, 1.807) is 12.4 Å². The number of carbonyl (C=O) groups excluding carboxylic acids is 1. The molecule has 2 rings (SSSR count). The van der Waals surface area contributed by atoms with Crippen LogP contribution in [0.3, 0.4) is 0 Å². The minimum Gasteiger partial charge on any atom is -0.319 e. The highest BCUT2D eigenvalue weighted by Gasteiger charge is 2.18. The molecular weight excluding hydrogens is 274 g/mol. The van der Waals surface area contributed by atoms with Gasteiger partial charge in [0.25, 0.3) is 5.91 Å². The van der Waals surface area contributed by atoms with Crippen molar-refractivity contribution in [2.75, 3.05) is 5.32 Å². The maximum absolute atomic E-state index is 12.1. The topological polar surface area (TPSA) is 80.7 Å². The summed E-state index contributed by atoms with van der Waals surface area (Å²) in [6.07, 6.45) is 3.91. The first-order valence-corrected chi connectivity index (χ1v) is 7.14. The van der Waals surface area contributed by atoms with Crippen LogP contribution in [0.2, 0.25) is 0 Å². The van der Waals surface area contributed by atoms with E-state index in [2.05, 4.69) is 24.9 Å². The van der Waals surface area contributed by atoms with Crippen LogP contribution in [0.15, 0.2) is 12.4 Å². The second kappa shape index (κ2) is 5.62. The maximum Gasteiger partial charge on any atom is 0.269 e. The average Bonchev–Trinajstić information content (AvgIpc) is 2.86. The van der Waals surface area contributed by atoms with Gasteiger partial charge in [-0.25, -0.2) is 9.97 Å². The molecular formula is C13H17N5OS. The van der Waals surface area contributed by atoms with Gasteiger partial charge in [-0.15, -0.1) is 5.10 Å². The maximum atomic E-state index is 12.1. The Morgan fingerprint density at radius 3 is 2.50 bits per heavy atom. The molecule has 0 saturated heterocycles. The Bertz CT molecular complexity index is 600. The van der Waals surface area contributed by atoms with Crippen LogP contribution >= 0.6 is 11.5 Å². The highest BCUT2D eigenvalue weighted by Crippen LogP contribution is 2.19. The molecule has 2 aromatic heterocycles. The number of nitrogens with zero attached hydrogens (tertiary/aromatic N) is 4. The summed E-state index contributed by atoms with van der Waals surface area (Å²) in [5, 5.41) is 6.68. The van der Waals surface area contributed by atoms with Gasteiger partial charge in [0.05, 0.1) is 23.8 Å². The standard InChI is InChI=1S/C13H17N5OS/c1-5-9-10(20-18-17-9)11(19)16-8-6-14-12(15-7-8)13(2,3)4/h6-7H,5H2,1-4H3,(H,16,19). The molecule has 0 fully saturated rings. The molecule has 0 saturated carbocycles. The molecule has 0 spiro atoms. The Hall–Kier alpha value is -1.89. The van der Waals surface area contributed by atoms with Crippen molar-refractivity contribution < 1.29 is 4.79 Å². The van der Waals surface area contributed by atoms with E-state index in [-0.39, 0.29) is 11.3 Å². The molecule has 0 atom stereocenters. The number of hydrogen-bond donors (Lipinski definition) is 1. The second-order valence-corrected chi connectivity index (χ2v) is 6.16. The Kier molecular flexibility index (Phi) is 4.08. The van der Waals surface area contributed by atoms with E-state index in [4.69, 9.17) is 0 Å². The van der Waals surface area contributed by atoms with Crippen molar-refractivity contribution in [3.8, 4) is 0 Å².